The van der Waals surface area contributed by atoms with E-state index >= 15 is 0 Å². The van der Waals surface area contributed by atoms with Gasteiger partial charge < -0.3 is 63.8 Å². The summed E-state index contributed by atoms with van der Waals surface area (Å²) in [5, 5.41) is 35.3. The summed E-state index contributed by atoms with van der Waals surface area (Å²) in [6, 6.07) is 18.5. The minimum atomic E-state index is -0.483. The van der Waals surface area contributed by atoms with Crippen molar-refractivity contribution in [2.45, 2.75) is 66.7 Å². The number of benzene rings is 3. The molecule has 0 spiro atoms. The summed E-state index contributed by atoms with van der Waals surface area (Å²) in [7, 11) is 0. The Labute approximate surface area is 387 Å². The first-order chi connectivity index (χ1) is 31.7. The van der Waals surface area contributed by atoms with Crippen LogP contribution in [0.15, 0.2) is 72.8 Å². The van der Waals surface area contributed by atoms with Gasteiger partial charge in [0.15, 0.2) is 0 Å². The van der Waals surface area contributed by atoms with Gasteiger partial charge >= 0.3 is 36.2 Å². The molecule has 2 aliphatic carbocycles. The number of fused-ring (bicyclic) bond motifs is 6. The van der Waals surface area contributed by atoms with Crippen LogP contribution in [0.1, 0.15) is 66.7 Å². The van der Waals surface area contributed by atoms with Crippen molar-refractivity contribution in [1.29, 1.82) is 0 Å². The number of nitrogens with one attached hydrogen (secondary N) is 12. The van der Waals surface area contributed by atoms with E-state index in [9.17, 15) is 28.8 Å². The molecular weight excluding hydrogens is 841 g/mol. The Morgan fingerprint density at radius 1 is 0.606 bits per heavy atom. The molecule has 4 bridgehead atoms. The van der Waals surface area contributed by atoms with Gasteiger partial charge in [0.05, 0.1) is 34.1 Å². The molecule has 3 aromatic carbocycles. The van der Waals surface area contributed by atoms with Crippen molar-refractivity contribution in [1.82, 2.24) is 31.9 Å². The third kappa shape index (κ3) is 13.4. The molecule has 8 atom stereocenters. The molecule has 6 rings (SSSR count). The molecule has 2 fully saturated rings. The molecular formula is C48H68N12O6. The van der Waals surface area contributed by atoms with E-state index in [4.69, 9.17) is 0 Å². The summed E-state index contributed by atoms with van der Waals surface area (Å²) < 4.78 is 0. The van der Waals surface area contributed by atoms with Crippen LogP contribution < -0.4 is 63.8 Å². The van der Waals surface area contributed by atoms with Crippen molar-refractivity contribution in [2.75, 3.05) is 71.2 Å². The fraction of sp³-hybridized carbons (Fsp3) is 0.500. The molecule has 12 N–H and O–H groups in total. The highest BCUT2D eigenvalue weighted by molar-refractivity contribution is 6.00. The Morgan fingerprint density at radius 3 is 1.58 bits per heavy atom. The Morgan fingerprint density at radius 2 is 1.06 bits per heavy atom. The number of amides is 12. The molecule has 2 saturated carbocycles. The first-order valence-corrected chi connectivity index (χ1v) is 23.3. The molecule has 18 nitrogen and oxygen atoms in total. The summed E-state index contributed by atoms with van der Waals surface area (Å²) in [6.07, 6.45) is 4.26. The van der Waals surface area contributed by atoms with Crippen LogP contribution >= 0.6 is 0 Å². The molecule has 356 valence electrons. The van der Waals surface area contributed by atoms with E-state index in [0.29, 0.717) is 85.6 Å². The maximum atomic E-state index is 13.6. The highest BCUT2D eigenvalue weighted by atomic mass is 16.2. The maximum absolute atomic E-state index is 13.6. The van der Waals surface area contributed by atoms with E-state index < -0.39 is 29.5 Å². The second-order valence-electron chi connectivity index (χ2n) is 18.5. The van der Waals surface area contributed by atoms with Crippen LogP contribution in [-0.4, -0.2) is 75.5 Å². The van der Waals surface area contributed by atoms with Crippen LogP contribution in [0.25, 0.3) is 0 Å². The van der Waals surface area contributed by atoms with Crippen LogP contribution in [0.3, 0.4) is 0 Å². The second-order valence-corrected chi connectivity index (χ2v) is 18.5. The first-order valence-electron chi connectivity index (χ1n) is 23.3. The zero-order chi connectivity index (χ0) is 47.2. The zero-order valence-electron chi connectivity index (χ0n) is 38.7. The predicted octanol–water partition coefficient (Wildman–Crippen LogP) is 8.21. The van der Waals surface area contributed by atoms with Crippen molar-refractivity contribution in [3.05, 3.63) is 72.8 Å². The van der Waals surface area contributed by atoms with E-state index in [0.717, 1.165) is 19.3 Å². The monoisotopic (exact) mass is 909 g/mol. The van der Waals surface area contributed by atoms with Gasteiger partial charge in [-0.25, -0.2) is 28.8 Å². The van der Waals surface area contributed by atoms with E-state index in [-0.39, 0.29) is 54.1 Å². The highest BCUT2D eigenvalue weighted by Crippen LogP contribution is 2.46. The third-order valence-electron chi connectivity index (χ3n) is 13.9. The minimum Gasteiger partial charge on any atom is -0.338 e. The lowest BCUT2D eigenvalue weighted by Crippen LogP contribution is -2.51. The molecule has 0 radical (unpaired) electrons. The van der Waals surface area contributed by atoms with E-state index in [1.807, 2.05) is 6.92 Å². The van der Waals surface area contributed by atoms with Gasteiger partial charge in [-0.15, -0.1) is 0 Å². The summed E-state index contributed by atoms with van der Waals surface area (Å²) in [4.78, 5) is 79.5. The van der Waals surface area contributed by atoms with Crippen molar-refractivity contribution in [3.8, 4) is 0 Å². The number of hydrogen-bond donors (Lipinski definition) is 12. The van der Waals surface area contributed by atoms with Crippen LogP contribution in [0, 0.1) is 46.8 Å². The van der Waals surface area contributed by atoms with Crippen LogP contribution in [0.4, 0.5) is 62.9 Å². The fourth-order valence-electron chi connectivity index (χ4n) is 9.94. The van der Waals surface area contributed by atoms with Crippen molar-refractivity contribution in [2.24, 2.45) is 46.8 Å². The van der Waals surface area contributed by atoms with Gasteiger partial charge in [0.25, 0.3) is 0 Å². The molecule has 1 heterocycles. The molecule has 12 amide bonds. The smallest absolute Gasteiger partial charge is 0.319 e. The van der Waals surface area contributed by atoms with Gasteiger partial charge in [-0.05, 0) is 109 Å². The predicted molar refractivity (Wildman–Crippen MR) is 260 cm³/mol. The van der Waals surface area contributed by atoms with Crippen LogP contribution in [0.5, 0.6) is 0 Å². The molecule has 3 aliphatic rings. The third-order valence-corrected chi connectivity index (χ3v) is 13.9. The molecule has 1 aliphatic heterocycles. The van der Waals surface area contributed by atoms with Crippen LogP contribution in [0.2, 0.25) is 0 Å². The van der Waals surface area contributed by atoms with Crippen molar-refractivity contribution >= 4 is 70.3 Å². The normalized spacial score (nSPS) is 26.7. The van der Waals surface area contributed by atoms with E-state index in [1.165, 1.54) is 0 Å². The lowest BCUT2D eigenvalue weighted by Gasteiger charge is -2.48. The fourth-order valence-corrected chi connectivity index (χ4v) is 9.94. The standard InChI is InChI=1S/C48H68N12O6/c1-6-49-42(61)55-36-16-7-12-21-41(36)60-47(66)54-28-48(5)23-32-22-34(31(48)4)26-52-45(64)58-39-19-10-11-20-40(39)59-46(65)53-27-35-29(2)14-13-15-33(30(35)3)25-51-44(63)57-38-18-9-8-17-37(38)56-43(62)50-24-32/h7-12,16-21,29-35H,6,13-15,22-28H2,1-5H3,(H2,49,55,61)(H2,50,56,62)(H2,51,57,63)(H2,52,58,64)(H2,53,59,65)(H2,54,60,66)/t29?,30?,31?,32-,33-,34-,35-,48?/m0/s1. The Hall–Kier alpha value is -6.72. The molecule has 0 saturated heterocycles. The number of urea groups is 6. The molecule has 3 aromatic rings. The summed E-state index contributed by atoms with van der Waals surface area (Å²) in [6.45, 7) is 12.6. The van der Waals surface area contributed by atoms with Crippen molar-refractivity contribution < 1.29 is 28.8 Å². The average Bonchev–Trinajstić information content (AvgIpc) is 3.41. The number of rotatable bonds is 5. The largest absolute Gasteiger partial charge is 0.338 e. The van der Waals surface area contributed by atoms with Gasteiger partial charge in [0, 0.05) is 39.3 Å². The zero-order valence-corrected chi connectivity index (χ0v) is 38.7. The van der Waals surface area contributed by atoms with Gasteiger partial charge in [-0.2, -0.15) is 0 Å². The van der Waals surface area contributed by atoms with E-state index in [2.05, 4.69) is 91.5 Å². The number of hydrogen-bond acceptors (Lipinski definition) is 6. The Bertz CT molecular complexity index is 2190. The molecule has 66 heavy (non-hydrogen) atoms. The van der Waals surface area contributed by atoms with E-state index in [1.54, 1.807) is 72.8 Å². The lowest BCUT2D eigenvalue weighted by molar-refractivity contribution is 0.0376. The van der Waals surface area contributed by atoms with Crippen molar-refractivity contribution in [3.63, 3.8) is 0 Å². The topological polar surface area (TPSA) is 247 Å². The Balaban J connectivity index is 1.20. The second kappa shape index (κ2) is 22.9. The molecule has 4 unspecified atom stereocenters. The number of carbonyl (C=O) groups is 6. The maximum Gasteiger partial charge on any atom is 0.319 e. The SMILES string of the molecule is CCNC(=O)Nc1ccccc1NC(=O)NCC1(C)C[C@H]2CNC(=O)Nc3ccccc3NC(=O)NC[C@@H]3CCCC(C)[C@H](CNC(=O)Nc4ccccc4NC(=O)NC[C@H](C2)C1C)C3C. The summed E-state index contributed by atoms with van der Waals surface area (Å²) >= 11 is 0. The summed E-state index contributed by atoms with van der Waals surface area (Å²) in [5.41, 5.74) is 2.13. The van der Waals surface area contributed by atoms with Gasteiger partial charge in [-0.3, -0.25) is 0 Å². The quantitative estimate of drug-likeness (QED) is 0.120. The number of carbonyl (C=O) groups excluding carboxylic acids is 6. The Kier molecular flexibility index (Phi) is 16.9. The first kappa shape index (κ1) is 48.7. The minimum absolute atomic E-state index is 0.00219. The number of anilines is 6. The van der Waals surface area contributed by atoms with Gasteiger partial charge in [0.1, 0.15) is 0 Å². The highest BCUT2D eigenvalue weighted by Gasteiger charge is 2.44. The number of para-hydroxylation sites is 6. The molecule has 18 heteroatoms. The summed E-state index contributed by atoms with van der Waals surface area (Å²) in [5.74, 6) is 0.779. The average molecular weight is 909 g/mol. The van der Waals surface area contributed by atoms with Gasteiger partial charge in [0.2, 0.25) is 0 Å². The lowest BCUT2D eigenvalue weighted by atomic mass is 9.60. The van der Waals surface area contributed by atoms with Gasteiger partial charge in [-0.1, -0.05) is 76.9 Å². The molecule has 0 aromatic heterocycles. The van der Waals surface area contributed by atoms with Crippen LogP contribution in [-0.2, 0) is 0 Å².